The van der Waals surface area contributed by atoms with Gasteiger partial charge in [0.05, 0.1) is 9.79 Å². The van der Waals surface area contributed by atoms with E-state index in [0.29, 0.717) is 44.8 Å². The molecule has 7 nitrogen and oxygen atoms in total. The van der Waals surface area contributed by atoms with Gasteiger partial charge in [-0.2, -0.15) is 8.61 Å². The molecule has 0 saturated carbocycles. The van der Waals surface area contributed by atoms with Gasteiger partial charge in [0.1, 0.15) is 0 Å². The first-order valence-electron chi connectivity index (χ1n) is 8.65. The molecule has 0 amide bonds. The molecule has 140 valence electrons. The zero-order valence-corrected chi connectivity index (χ0v) is 16.1. The third kappa shape index (κ3) is 3.75. The molecule has 0 radical (unpaired) electrons. The van der Waals surface area contributed by atoms with E-state index >= 15 is 0 Å². The molecule has 3 rings (SSSR count). The van der Waals surface area contributed by atoms with Gasteiger partial charge >= 0.3 is 0 Å². The second kappa shape index (κ2) is 7.32. The lowest BCUT2D eigenvalue weighted by atomic mass is 10.2. The Morgan fingerprint density at radius 1 is 0.840 bits per heavy atom. The number of benzene rings is 1. The normalized spacial score (nSPS) is 21.3. The molecule has 0 bridgehead atoms. The minimum Gasteiger partial charge on any atom is -0.314 e. The van der Waals surface area contributed by atoms with E-state index in [9.17, 15) is 16.8 Å². The number of piperazine rings is 1. The molecule has 0 aliphatic carbocycles. The lowest BCUT2D eigenvalue weighted by Crippen LogP contribution is -2.46. The van der Waals surface area contributed by atoms with Crippen LogP contribution >= 0.6 is 0 Å². The Hall–Kier alpha value is -1.00. The van der Waals surface area contributed by atoms with Crippen LogP contribution in [0.1, 0.15) is 24.8 Å². The Morgan fingerprint density at radius 3 is 2.08 bits per heavy atom. The fraction of sp³-hybridized carbons (Fsp3) is 0.625. The SMILES string of the molecule is Cc1ccc(S(=O)(=O)N2CCNCC2)cc1S(=O)(=O)N1CCCCC1. The van der Waals surface area contributed by atoms with Crippen LogP contribution in [-0.4, -0.2) is 64.7 Å². The highest BCUT2D eigenvalue weighted by molar-refractivity contribution is 7.90. The highest BCUT2D eigenvalue weighted by Crippen LogP contribution is 2.27. The molecule has 9 heteroatoms. The standard InChI is InChI=1S/C16H25N3O4S2/c1-14-5-6-15(24(20,21)19-11-7-17-8-12-19)13-16(14)25(22,23)18-9-3-2-4-10-18/h5-6,13,17H,2-4,7-12H2,1H3. The fourth-order valence-corrected chi connectivity index (χ4v) is 6.61. The molecular formula is C16H25N3O4S2. The average molecular weight is 388 g/mol. The minimum absolute atomic E-state index is 0.0515. The van der Waals surface area contributed by atoms with E-state index in [-0.39, 0.29) is 9.79 Å². The first-order chi connectivity index (χ1) is 11.8. The zero-order valence-electron chi connectivity index (χ0n) is 14.4. The lowest BCUT2D eigenvalue weighted by molar-refractivity contribution is 0.346. The predicted molar refractivity (Wildman–Crippen MR) is 95.4 cm³/mol. The third-order valence-electron chi connectivity index (χ3n) is 4.81. The van der Waals surface area contributed by atoms with E-state index in [2.05, 4.69) is 5.32 Å². The summed E-state index contributed by atoms with van der Waals surface area (Å²) in [7, 11) is -7.35. The highest BCUT2D eigenvalue weighted by atomic mass is 32.2. The van der Waals surface area contributed by atoms with Crippen LogP contribution in [0.5, 0.6) is 0 Å². The fourth-order valence-electron chi connectivity index (χ4n) is 3.30. The molecule has 1 N–H and O–H groups in total. The van der Waals surface area contributed by atoms with Gasteiger partial charge in [0.15, 0.2) is 0 Å². The molecule has 1 aromatic rings. The van der Waals surface area contributed by atoms with Crippen LogP contribution in [-0.2, 0) is 20.0 Å². The molecule has 2 fully saturated rings. The molecule has 2 heterocycles. The second-order valence-electron chi connectivity index (χ2n) is 6.55. The van der Waals surface area contributed by atoms with Crippen molar-refractivity contribution in [3.8, 4) is 0 Å². The van der Waals surface area contributed by atoms with E-state index in [0.717, 1.165) is 19.3 Å². The van der Waals surface area contributed by atoms with Gasteiger partial charge in [0.25, 0.3) is 0 Å². The van der Waals surface area contributed by atoms with Crippen molar-refractivity contribution in [2.75, 3.05) is 39.3 Å². The Morgan fingerprint density at radius 2 is 1.44 bits per heavy atom. The van der Waals surface area contributed by atoms with Gasteiger partial charge in [-0.3, -0.25) is 0 Å². The van der Waals surface area contributed by atoms with Crippen molar-refractivity contribution in [1.29, 1.82) is 0 Å². The van der Waals surface area contributed by atoms with E-state index in [1.54, 1.807) is 13.0 Å². The van der Waals surface area contributed by atoms with E-state index in [4.69, 9.17) is 0 Å². The summed E-state index contributed by atoms with van der Waals surface area (Å²) in [5, 5.41) is 3.12. The molecule has 0 unspecified atom stereocenters. The van der Waals surface area contributed by atoms with Crippen molar-refractivity contribution < 1.29 is 16.8 Å². The van der Waals surface area contributed by atoms with Crippen molar-refractivity contribution in [1.82, 2.24) is 13.9 Å². The minimum atomic E-state index is -3.68. The predicted octanol–water partition coefficient (Wildman–Crippen LogP) is 0.764. The largest absolute Gasteiger partial charge is 0.314 e. The number of hydrogen-bond donors (Lipinski definition) is 1. The Kier molecular flexibility index (Phi) is 5.50. The zero-order chi connectivity index (χ0) is 18.1. The van der Waals surface area contributed by atoms with Crippen molar-refractivity contribution in [2.24, 2.45) is 0 Å². The molecule has 2 aliphatic rings. The van der Waals surface area contributed by atoms with Gasteiger partial charge < -0.3 is 5.32 Å². The molecule has 25 heavy (non-hydrogen) atoms. The average Bonchev–Trinajstić information content (AvgIpc) is 2.63. The van der Waals surface area contributed by atoms with Crippen LogP contribution in [0.2, 0.25) is 0 Å². The van der Waals surface area contributed by atoms with E-state index < -0.39 is 20.0 Å². The van der Waals surface area contributed by atoms with Gasteiger partial charge in [-0.25, -0.2) is 16.8 Å². The van der Waals surface area contributed by atoms with E-state index in [1.165, 1.54) is 20.7 Å². The molecule has 0 atom stereocenters. The van der Waals surface area contributed by atoms with Crippen molar-refractivity contribution >= 4 is 20.0 Å². The number of rotatable bonds is 4. The number of nitrogens with one attached hydrogen (secondary N) is 1. The number of aryl methyl sites for hydroxylation is 1. The lowest BCUT2D eigenvalue weighted by Gasteiger charge is -2.28. The molecule has 0 aromatic heterocycles. The maximum atomic E-state index is 13.0. The maximum absolute atomic E-state index is 13.0. The summed E-state index contributed by atoms with van der Waals surface area (Å²) in [6, 6.07) is 4.42. The van der Waals surface area contributed by atoms with Crippen molar-refractivity contribution in [3.05, 3.63) is 23.8 Å². The van der Waals surface area contributed by atoms with Crippen molar-refractivity contribution in [2.45, 2.75) is 36.0 Å². The quantitative estimate of drug-likeness (QED) is 0.824. The summed E-state index contributed by atoms with van der Waals surface area (Å²) in [5.74, 6) is 0. The van der Waals surface area contributed by atoms with Crippen LogP contribution in [0.25, 0.3) is 0 Å². The van der Waals surface area contributed by atoms with Gasteiger partial charge in [-0.05, 0) is 37.5 Å². The summed E-state index contributed by atoms with van der Waals surface area (Å²) >= 11 is 0. The van der Waals surface area contributed by atoms with E-state index in [1.807, 2.05) is 0 Å². The number of nitrogens with zero attached hydrogens (tertiary/aromatic N) is 2. The monoisotopic (exact) mass is 387 g/mol. The van der Waals surface area contributed by atoms with Crippen molar-refractivity contribution in [3.63, 3.8) is 0 Å². The summed E-state index contributed by atoms with van der Waals surface area (Å²) in [5.41, 5.74) is 0.574. The van der Waals surface area contributed by atoms with Gasteiger partial charge in [0, 0.05) is 39.3 Å². The van der Waals surface area contributed by atoms with Gasteiger partial charge in [-0.15, -0.1) is 0 Å². The highest BCUT2D eigenvalue weighted by Gasteiger charge is 2.31. The molecular weight excluding hydrogens is 362 g/mol. The Balaban J connectivity index is 1.98. The number of hydrogen-bond acceptors (Lipinski definition) is 5. The maximum Gasteiger partial charge on any atom is 0.243 e. The van der Waals surface area contributed by atoms with Crippen LogP contribution in [0.4, 0.5) is 0 Å². The van der Waals surface area contributed by atoms with Gasteiger partial charge in [0.2, 0.25) is 20.0 Å². The summed E-state index contributed by atoms with van der Waals surface area (Å²) < 4.78 is 54.5. The summed E-state index contributed by atoms with van der Waals surface area (Å²) in [6.07, 6.45) is 2.72. The smallest absolute Gasteiger partial charge is 0.243 e. The van der Waals surface area contributed by atoms with Crippen LogP contribution in [0.3, 0.4) is 0 Å². The summed E-state index contributed by atoms with van der Waals surface area (Å²) in [6.45, 7) is 4.69. The Labute approximate surface area is 150 Å². The van der Waals surface area contributed by atoms with Gasteiger partial charge in [-0.1, -0.05) is 12.5 Å². The topological polar surface area (TPSA) is 86.8 Å². The van der Waals surface area contributed by atoms with Crippen LogP contribution < -0.4 is 5.32 Å². The second-order valence-corrected chi connectivity index (χ2v) is 10.4. The number of piperidine rings is 1. The molecule has 2 saturated heterocycles. The first kappa shape index (κ1) is 18.8. The third-order valence-corrected chi connectivity index (χ3v) is 8.74. The number of sulfonamides is 2. The van der Waals surface area contributed by atoms with Crippen LogP contribution in [0.15, 0.2) is 28.0 Å². The molecule has 2 aliphatic heterocycles. The molecule has 0 spiro atoms. The summed E-state index contributed by atoms with van der Waals surface area (Å²) in [4.78, 5) is 0.154. The first-order valence-corrected chi connectivity index (χ1v) is 11.5. The Bertz CT molecular complexity index is 825. The molecule has 1 aromatic carbocycles. The van der Waals surface area contributed by atoms with Crippen LogP contribution in [0, 0.1) is 6.92 Å².